The molecule has 2 aromatic carbocycles. The van der Waals surface area contributed by atoms with E-state index in [4.69, 9.17) is 11.6 Å². The van der Waals surface area contributed by atoms with E-state index in [-0.39, 0.29) is 22.9 Å². The molecule has 2 aromatic rings. The average Bonchev–Trinajstić information content (AvgIpc) is 2.89. The molecule has 0 aromatic heterocycles. The lowest BCUT2D eigenvalue weighted by Crippen LogP contribution is -2.28. The molecule has 1 aliphatic heterocycles. The standard InChI is InChI=1S/C19H20ClNO2S/c1-11(2)14-9-16(12(3)8-17(14)22)21-18(23)10-24-19(21)13-6-4-5-7-15(13)20/h4-9,11,19,22H,10H2,1-3H3. The maximum atomic E-state index is 12.6. The number of hydrogen-bond acceptors (Lipinski definition) is 3. The summed E-state index contributed by atoms with van der Waals surface area (Å²) >= 11 is 7.94. The number of nitrogens with zero attached hydrogens (tertiary/aromatic N) is 1. The summed E-state index contributed by atoms with van der Waals surface area (Å²) in [5.41, 5.74) is 3.51. The number of aryl methyl sites for hydroxylation is 1. The average molecular weight is 362 g/mol. The highest BCUT2D eigenvalue weighted by Gasteiger charge is 2.36. The van der Waals surface area contributed by atoms with Crippen LogP contribution in [0.4, 0.5) is 5.69 Å². The Hall–Kier alpha value is -1.65. The van der Waals surface area contributed by atoms with E-state index >= 15 is 0 Å². The number of anilines is 1. The van der Waals surface area contributed by atoms with E-state index in [0.29, 0.717) is 10.8 Å². The predicted molar refractivity (Wildman–Crippen MR) is 101 cm³/mol. The number of phenols is 1. The molecule has 5 heteroatoms. The number of amides is 1. The third-order valence-electron chi connectivity index (χ3n) is 4.27. The van der Waals surface area contributed by atoms with Crippen LogP contribution in [-0.4, -0.2) is 16.8 Å². The topological polar surface area (TPSA) is 40.5 Å². The van der Waals surface area contributed by atoms with E-state index < -0.39 is 0 Å². The molecule has 3 nitrogen and oxygen atoms in total. The van der Waals surface area contributed by atoms with Crippen LogP contribution in [0, 0.1) is 6.92 Å². The van der Waals surface area contributed by atoms with Gasteiger partial charge in [-0.15, -0.1) is 11.8 Å². The molecule has 1 unspecified atom stereocenters. The van der Waals surface area contributed by atoms with Crippen molar-refractivity contribution in [2.45, 2.75) is 32.1 Å². The van der Waals surface area contributed by atoms with Gasteiger partial charge in [-0.3, -0.25) is 9.69 Å². The Morgan fingerprint density at radius 3 is 2.67 bits per heavy atom. The van der Waals surface area contributed by atoms with Gasteiger partial charge in [-0.1, -0.05) is 43.6 Å². The first-order valence-corrected chi connectivity index (χ1v) is 9.34. The molecule has 3 rings (SSSR count). The molecular weight excluding hydrogens is 342 g/mol. The largest absolute Gasteiger partial charge is 0.508 e. The van der Waals surface area contributed by atoms with E-state index in [1.807, 2.05) is 56.0 Å². The molecule has 0 radical (unpaired) electrons. The van der Waals surface area contributed by atoms with Gasteiger partial charge in [-0.25, -0.2) is 0 Å². The first-order valence-electron chi connectivity index (χ1n) is 7.91. The fourth-order valence-corrected chi connectivity index (χ4v) is 4.52. The highest BCUT2D eigenvalue weighted by molar-refractivity contribution is 8.00. The van der Waals surface area contributed by atoms with E-state index in [9.17, 15) is 9.90 Å². The van der Waals surface area contributed by atoms with Gasteiger partial charge >= 0.3 is 0 Å². The van der Waals surface area contributed by atoms with Gasteiger partial charge in [0, 0.05) is 16.3 Å². The molecule has 1 N–H and O–H groups in total. The number of benzene rings is 2. The maximum Gasteiger partial charge on any atom is 0.238 e. The highest BCUT2D eigenvalue weighted by atomic mass is 35.5. The van der Waals surface area contributed by atoms with Crippen molar-refractivity contribution in [1.82, 2.24) is 0 Å². The van der Waals surface area contributed by atoms with Crippen LogP contribution in [0.25, 0.3) is 0 Å². The van der Waals surface area contributed by atoms with Crippen LogP contribution in [-0.2, 0) is 4.79 Å². The summed E-state index contributed by atoms with van der Waals surface area (Å²) in [6.45, 7) is 5.97. The minimum Gasteiger partial charge on any atom is -0.508 e. The van der Waals surface area contributed by atoms with Gasteiger partial charge in [0.2, 0.25) is 5.91 Å². The summed E-state index contributed by atoms with van der Waals surface area (Å²) in [5.74, 6) is 0.939. The summed E-state index contributed by atoms with van der Waals surface area (Å²) in [4.78, 5) is 14.4. The van der Waals surface area contributed by atoms with Gasteiger partial charge in [0.15, 0.2) is 0 Å². The second kappa shape index (κ2) is 6.69. The number of hydrogen-bond donors (Lipinski definition) is 1. The number of carbonyl (C=O) groups excluding carboxylic acids is 1. The molecule has 0 spiro atoms. The summed E-state index contributed by atoms with van der Waals surface area (Å²) in [7, 11) is 0. The van der Waals surface area contributed by atoms with Crippen LogP contribution >= 0.6 is 23.4 Å². The second-order valence-corrected chi connectivity index (χ2v) is 7.78. The monoisotopic (exact) mass is 361 g/mol. The number of thioether (sulfide) groups is 1. The molecule has 1 fully saturated rings. The number of phenolic OH excluding ortho intramolecular Hbond substituents is 1. The van der Waals surface area contributed by atoms with Crippen LogP contribution in [0.2, 0.25) is 5.02 Å². The number of carbonyl (C=O) groups is 1. The molecule has 0 aliphatic carbocycles. The molecule has 1 amide bonds. The van der Waals surface area contributed by atoms with Crippen molar-refractivity contribution in [2.24, 2.45) is 0 Å². The smallest absolute Gasteiger partial charge is 0.238 e. The molecular formula is C19H20ClNO2S. The van der Waals surface area contributed by atoms with Crippen LogP contribution < -0.4 is 4.90 Å². The van der Waals surface area contributed by atoms with E-state index in [1.165, 1.54) is 0 Å². The van der Waals surface area contributed by atoms with Crippen LogP contribution in [0.15, 0.2) is 36.4 Å². The molecule has 0 bridgehead atoms. The van der Waals surface area contributed by atoms with Crippen molar-refractivity contribution in [3.05, 3.63) is 58.1 Å². The zero-order valence-corrected chi connectivity index (χ0v) is 15.5. The summed E-state index contributed by atoms with van der Waals surface area (Å²) < 4.78 is 0. The Bertz CT molecular complexity index is 791. The Labute approximate surface area is 151 Å². The van der Waals surface area contributed by atoms with Crippen molar-refractivity contribution >= 4 is 35.0 Å². The van der Waals surface area contributed by atoms with Gasteiger partial charge < -0.3 is 5.11 Å². The van der Waals surface area contributed by atoms with Gasteiger partial charge in [0.05, 0.1) is 5.75 Å². The lowest BCUT2D eigenvalue weighted by Gasteiger charge is -2.27. The minimum absolute atomic E-state index is 0.0633. The Morgan fingerprint density at radius 2 is 2.00 bits per heavy atom. The van der Waals surface area contributed by atoms with E-state index in [0.717, 1.165) is 22.4 Å². The lowest BCUT2D eigenvalue weighted by molar-refractivity contribution is -0.115. The van der Waals surface area contributed by atoms with Crippen LogP contribution in [0.1, 0.15) is 41.8 Å². The maximum absolute atomic E-state index is 12.6. The Balaban J connectivity index is 2.11. The van der Waals surface area contributed by atoms with Crippen LogP contribution in [0.3, 0.4) is 0 Å². The third-order valence-corrected chi connectivity index (χ3v) is 5.80. The zero-order valence-electron chi connectivity index (χ0n) is 13.9. The van der Waals surface area contributed by atoms with Crippen molar-refractivity contribution in [2.75, 3.05) is 10.7 Å². The van der Waals surface area contributed by atoms with Gasteiger partial charge in [-0.05, 0) is 42.2 Å². The molecule has 1 atom stereocenters. The highest BCUT2D eigenvalue weighted by Crippen LogP contribution is 2.46. The van der Waals surface area contributed by atoms with E-state index in [2.05, 4.69) is 0 Å². The first kappa shape index (κ1) is 17.2. The van der Waals surface area contributed by atoms with Gasteiger partial charge in [0.1, 0.15) is 11.1 Å². The number of halogens is 1. The first-order chi connectivity index (χ1) is 11.4. The molecule has 1 aliphatic rings. The SMILES string of the molecule is Cc1cc(O)c(C(C)C)cc1N1C(=O)CSC1c1ccccc1Cl. The van der Waals surface area contributed by atoms with Crippen molar-refractivity contribution in [3.63, 3.8) is 0 Å². The fraction of sp³-hybridized carbons (Fsp3) is 0.316. The lowest BCUT2D eigenvalue weighted by atomic mass is 9.98. The zero-order chi connectivity index (χ0) is 17.4. The van der Waals surface area contributed by atoms with Crippen LogP contribution in [0.5, 0.6) is 5.75 Å². The van der Waals surface area contributed by atoms with E-state index in [1.54, 1.807) is 17.8 Å². The van der Waals surface area contributed by atoms with Crippen molar-refractivity contribution in [3.8, 4) is 5.75 Å². The molecule has 24 heavy (non-hydrogen) atoms. The second-order valence-electron chi connectivity index (χ2n) is 6.30. The van der Waals surface area contributed by atoms with Gasteiger partial charge in [-0.2, -0.15) is 0 Å². The fourth-order valence-electron chi connectivity index (χ4n) is 3.01. The quantitative estimate of drug-likeness (QED) is 0.811. The predicted octanol–water partition coefficient (Wildman–Crippen LogP) is 5.26. The van der Waals surface area contributed by atoms with Gasteiger partial charge in [0.25, 0.3) is 0 Å². The molecule has 1 saturated heterocycles. The summed E-state index contributed by atoms with van der Waals surface area (Å²) in [6.07, 6.45) is 0. The third kappa shape index (κ3) is 3.01. The summed E-state index contributed by atoms with van der Waals surface area (Å²) in [5, 5.41) is 10.7. The minimum atomic E-state index is -0.144. The molecule has 126 valence electrons. The molecule has 1 heterocycles. The molecule has 0 saturated carbocycles. The Morgan fingerprint density at radius 1 is 1.29 bits per heavy atom. The van der Waals surface area contributed by atoms with Crippen molar-refractivity contribution in [1.29, 1.82) is 0 Å². The van der Waals surface area contributed by atoms with Crippen molar-refractivity contribution < 1.29 is 9.90 Å². The summed E-state index contributed by atoms with van der Waals surface area (Å²) in [6, 6.07) is 11.3. The number of rotatable bonds is 3. The normalized spacial score (nSPS) is 17.8. The number of aromatic hydroxyl groups is 1. The Kier molecular flexibility index (Phi) is 4.79.